The Hall–Kier alpha value is -0.0800. The molecule has 0 aliphatic heterocycles. The van der Waals surface area contributed by atoms with E-state index < -0.39 is 5.60 Å². The number of hydrogen-bond donors (Lipinski definition) is 1. The van der Waals surface area contributed by atoms with E-state index in [-0.39, 0.29) is 0 Å². The smallest absolute Gasteiger partial charge is 0.0768 e. The van der Waals surface area contributed by atoms with Crippen molar-refractivity contribution in [2.24, 2.45) is 5.92 Å². The molecule has 78 valence electrons. The highest BCUT2D eigenvalue weighted by Gasteiger charge is 2.34. The quantitative estimate of drug-likeness (QED) is 0.707. The second kappa shape index (κ2) is 3.97. The standard InChI is InChI=1S/C11H23NO/c1-5-12(10-6-7-10)8-11(4,13)9(2)3/h9-10,13H,5-8H2,1-4H3. The highest BCUT2D eigenvalue weighted by Crippen LogP contribution is 2.29. The van der Waals surface area contributed by atoms with Crippen LogP contribution in [0, 0.1) is 5.92 Å². The third kappa shape index (κ3) is 2.96. The fourth-order valence-electron chi connectivity index (χ4n) is 1.53. The predicted octanol–water partition coefficient (Wildman–Crippen LogP) is 1.88. The molecule has 1 saturated carbocycles. The summed E-state index contributed by atoms with van der Waals surface area (Å²) in [5.74, 6) is 0.334. The third-order valence-electron chi connectivity index (χ3n) is 3.24. The Labute approximate surface area is 81.9 Å². The van der Waals surface area contributed by atoms with E-state index in [0.717, 1.165) is 19.1 Å². The maximum atomic E-state index is 10.1. The molecular formula is C11H23NO. The molecular weight excluding hydrogens is 162 g/mol. The SMILES string of the molecule is CCN(CC(C)(O)C(C)C)C1CC1. The molecule has 1 unspecified atom stereocenters. The van der Waals surface area contributed by atoms with Crippen LogP contribution in [0.15, 0.2) is 0 Å². The van der Waals surface area contributed by atoms with E-state index >= 15 is 0 Å². The lowest BCUT2D eigenvalue weighted by atomic mass is 9.92. The first-order chi connectivity index (χ1) is 5.97. The lowest BCUT2D eigenvalue weighted by molar-refractivity contribution is -0.0197. The molecule has 1 atom stereocenters. The summed E-state index contributed by atoms with van der Waals surface area (Å²) in [4.78, 5) is 2.40. The minimum Gasteiger partial charge on any atom is -0.389 e. The molecule has 0 saturated heterocycles. The van der Waals surface area contributed by atoms with Gasteiger partial charge in [-0.2, -0.15) is 0 Å². The van der Waals surface area contributed by atoms with Crippen LogP contribution in [0.1, 0.15) is 40.5 Å². The van der Waals surface area contributed by atoms with Crippen LogP contribution in [0.5, 0.6) is 0 Å². The Morgan fingerprint density at radius 2 is 2.00 bits per heavy atom. The van der Waals surface area contributed by atoms with Crippen LogP contribution in [0.2, 0.25) is 0 Å². The van der Waals surface area contributed by atoms with E-state index in [0.29, 0.717) is 5.92 Å². The lowest BCUT2D eigenvalue weighted by Crippen LogP contribution is -2.45. The molecule has 13 heavy (non-hydrogen) atoms. The van der Waals surface area contributed by atoms with Crippen molar-refractivity contribution in [1.29, 1.82) is 0 Å². The second-order valence-corrected chi connectivity index (χ2v) is 4.81. The van der Waals surface area contributed by atoms with Gasteiger partial charge in [-0.3, -0.25) is 4.90 Å². The second-order valence-electron chi connectivity index (χ2n) is 4.81. The van der Waals surface area contributed by atoms with Gasteiger partial charge in [-0.15, -0.1) is 0 Å². The van der Waals surface area contributed by atoms with Crippen LogP contribution in [-0.2, 0) is 0 Å². The molecule has 0 aromatic heterocycles. The Morgan fingerprint density at radius 1 is 1.46 bits per heavy atom. The van der Waals surface area contributed by atoms with E-state index in [2.05, 4.69) is 25.7 Å². The molecule has 0 radical (unpaired) electrons. The van der Waals surface area contributed by atoms with Gasteiger partial charge >= 0.3 is 0 Å². The van der Waals surface area contributed by atoms with Crippen molar-refractivity contribution in [2.75, 3.05) is 13.1 Å². The maximum Gasteiger partial charge on any atom is 0.0768 e. The summed E-state index contributed by atoms with van der Waals surface area (Å²) in [6, 6.07) is 0.759. The van der Waals surface area contributed by atoms with E-state index in [1.54, 1.807) is 0 Å². The molecule has 1 fully saturated rings. The predicted molar refractivity (Wildman–Crippen MR) is 55.7 cm³/mol. The topological polar surface area (TPSA) is 23.5 Å². The molecule has 0 bridgehead atoms. The van der Waals surface area contributed by atoms with E-state index in [4.69, 9.17) is 0 Å². The number of aliphatic hydroxyl groups is 1. The zero-order valence-corrected chi connectivity index (χ0v) is 9.38. The highest BCUT2D eigenvalue weighted by atomic mass is 16.3. The molecule has 0 heterocycles. The molecule has 0 aromatic rings. The molecule has 2 heteroatoms. The van der Waals surface area contributed by atoms with Gasteiger partial charge in [0.05, 0.1) is 5.60 Å². The molecule has 0 amide bonds. The maximum absolute atomic E-state index is 10.1. The van der Waals surface area contributed by atoms with Gasteiger partial charge in [0.1, 0.15) is 0 Å². The van der Waals surface area contributed by atoms with Crippen molar-refractivity contribution in [3.05, 3.63) is 0 Å². The van der Waals surface area contributed by atoms with Crippen molar-refractivity contribution in [1.82, 2.24) is 4.90 Å². The summed E-state index contributed by atoms with van der Waals surface area (Å²) in [6.07, 6.45) is 2.64. The Balaban J connectivity index is 2.43. The number of nitrogens with zero attached hydrogens (tertiary/aromatic N) is 1. The van der Waals surface area contributed by atoms with Crippen LogP contribution in [0.25, 0.3) is 0 Å². The largest absolute Gasteiger partial charge is 0.389 e. The summed E-state index contributed by atoms with van der Waals surface area (Å²) < 4.78 is 0. The summed E-state index contributed by atoms with van der Waals surface area (Å²) in [7, 11) is 0. The molecule has 1 aliphatic rings. The lowest BCUT2D eigenvalue weighted by Gasteiger charge is -2.34. The van der Waals surface area contributed by atoms with Crippen molar-refractivity contribution >= 4 is 0 Å². The summed E-state index contributed by atoms with van der Waals surface area (Å²) in [6.45, 7) is 10.2. The van der Waals surface area contributed by atoms with Crippen LogP contribution < -0.4 is 0 Å². The molecule has 1 rings (SSSR count). The number of rotatable bonds is 5. The van der Waals surface area contributed by atoms with Gasteiger partial charge in [-0.25, -0.2) is 0 Å². The van der Waals surface area contributed by atoms with Gasteiger partial charge < -0.3 is 5.11 Å². The zero-order valence-electron chi connectivity index (χ0n) is 9.38. The molecule has 0 spiro atoms. The van der Waals surface area contributed by atoms with Gasteiger partial charge in [0.25, 0.3) is 0 Å². The summed E-state index contributed by atoms with van der Waals surface area (Å²) >= 11 is 0. The highest BCUT2D eigenvalue weighted by molar-refractivity contribution is 4.89. The molecule has 2 nitrogen and oxygen atoms in total. The first kappa shape index (κ1) is 11.0. The van der Waals surface area contributed by atoms with E-state index in [1.807, 2.05) is 6.92 Å². The first-order valence-electron chi connectivity index (χ1n) is 5.43. The van der Waals surface area contributed by atoms with Crippen LogP contribution in [-0.4, -0.2) is 34.7 Å². The van der Waals surface area contributed by atoms with Crippen molar-refractivity contribution in [2.45, 2.75) is 52.2 Å². The van der Waals surface area contributed by atoms with E-state index in [9.17, 15) is 5.11 Å². The van der Waals surface area contributed by atoms with Crippen LogP contribution in [0.3, 0.4) is 0 Å². The van der Waals surface area contributed by atoms with Crippen LogP contribution in [0.4, 0.5) is 0 Å². The Kier molecular flexibility index (Phi) is 3.36. The Bertz CT molecular complexity index is 161. The zero-order chi connectivity index (χ0) is 10.1. The average Bonchev–Trinajstić information content (AvgIpc) is 2.82. The number of hydrogen-bond acceptors (Lipinski definition) is 2. The molecule has 1 N–H and O–H groups in total. The van der Waals surface area contributed by atoms with Gasteiger partial charge in [0.15, 0.2) is 0 Å². The van der Waals surface area contributed by atoms with Gasteiger partial charge in [-0.05, 0) is 32.2 Å². The third-order valence-corrected chi connectivity index (χ3v) is 3.24. The average molecular weight is 185 g/mol. The fourth-order valence-corrected chi connectivity index (χ4v) is 1.53. The monoisotopic (exact) mass is 185 g/mol. The molecule has 1 aliphatic carbocycles. The summed E-state index contributed by atoms with van der Waals surface area (Å²) in [5, 5.41) is 10.1. The normalized spacial score (nSPS) is 22.4. The van der Waals surface area contributed by atoms with Crippen molar-refractivity contribution in [3.8, 4) is 0 Å². The van der Waals surface area contributed by atoms with Gasteiger partial charge in [-0.1, -0.05) is 20.8 Å². The number of likely N-dealkylation sites (N-methyl/N-ethyl adjacent to an activating group) is 1. The fraction of sp³-hybridized carbons (Fsp3) is 1.00. The first-order valence-corrected chi connectivity index (χ1v) is 5.43. The molecule has 0 aromatic carbocycles. The Morgan fingerprint density at radius 3 is 2.31 bits per heavy atom. The summed E-state index contributed by atoms with van der Waals surface area (Å²) in [5.41, 5.74) is -0.529. The van der Waals surface area contributed by atoms with Gasteiger partial charge in [0, 0.05) is 12.6 Å². The van der Waals surface area contributed by atoms with E-state index in [1.165, 1.54) is 12.8 Å². The minimum absolute atomic E-state index is 0.334. The minimum atomic E-state index is -0.529. The van der Waals surface area contributed by atoms with Crippen molar-refractivity contribution < 1.29 is 5.11 Å². The van der Waals surface area contributed by atoms with Gasteiger partial charge in [0.2, 0.25) is 0 Å². The van der Waals surface area contributed by atoms with Crippen LogP contribution >= 0.6 is 0 Å². The van der Waals surface area contributed by atoms with Crippen molar-refractivity contribution in [3.63, 3.8) is 0 Å².